The molecule has 2 bridgehead atoms. The topological polar surface area (TPSA) is 112 Å². The van der Waals surface area contributed by atoms with Crippen LogP contribution in [0.4, 0.5) is 0 Å². The second-order valence-corrected chi connectivity index (χ2v) is 7.51. The molecule has 1 aromatic heterocycles. The number of hydrogen-bond acceptors (Lipinski definition) is 6. The third kappa shape index (κ3) is 9.27. The summed E-state index contributed by atoms with van der Waals surface area (Å²) in [7, 11) is 0. The van der Waals surface area contributed by atoms with Crippen molar-refractivity contribution in [2.24, 2.45) is 0 Å². The number of fused-ring (bicyclic) bond motifs is 4. The van der Waals surface area contributed by atoms with Gasteiger partial charge in [0.2, 0.25) is 0 Å². The Morgan fingerprint density at radius 1 is 1.22 bits per heavy atom. The van der Waals surface area contributed by atoms with E-state index in [2.05, 4.69) is 10.3 Å². The summed E-state index contributed by atoms with van der Waals surface area (Å²) in [5, 5.41) is 19.2. The monoisotopic (exact) mass is 439 g/mol. The Labute approximate surface area is 190 Å². The number of nitrogens with zero attached hydrogens (tertiary/aromatic N) is 2. The molecule has 1 aromatic carbocycles. The molecular weight excluding hydrogens is 406 g/mol. The molecule has 0 saturated heterocycles. The molecule has 7 nitrogen and oxygen atoms in total. The molecule has 3 rings (SSSR count). The lowest BCUT2D eigenvalue weighted by atomic mass is 10.0. The number of amides is 1. The zero-order chi connectivity index (χ0) is 24.0. The Bertz CT molecular complexity index is 901. The van der Waals surface area contributed by atoms with Gasteiger partial charge >= 0.3 is 0 Å². The highest BCUT2D eigenvalue weighted by Gasteiger charge is 2.18. The molecule has 32 heavy (non-hydrogen) atoms. The van der Waals surface area contributed by atoms with E-state index in [0.29, 0.717) is 24.3 Å². The molecule has 1 atom stereocenters. The minimum Gasteiger partial charge on any atom is -0.494 e. The summed E-state index contributed by atoms with van der Waals surface area (Å²) < 4.78 is 5.79. The molecule has 7 heteroatoms. The quantitative estimate of drug-likeness (QED) is 0.506. The van der Waals surface area contributed by atoms with Crippen LogP contribution in [-0.2, 0) is 4.79 Å². The summed E-state index contributed by atoms with van der Waals surface area (Å²) >= 11 is 0. The minimum atomic E-state index is -1.15. The lowest BCUT2D eigenvalue weighted by molar-refractivity contribution is -0.109. The first kappa shape index (κ1) is 26.8. The average molecular weight is 440 g/mol. The second kappa shape index (κ2) is 13.9. The summed E-state index contributed by atoms with van der Waals surface area (Å²) in [5.41, 5.74) is 0.707. The Hall–Kier alpha value is -3.24. The number of carbonyl (C=O) groups is 2. The number of benzene rings is 1. The summed E-state index contributed by atoms with van der Waals surface area (Å²) in [4.78, 5) is 28.2. The Morgan fingerprint density at radius 3 is 2.59 bits per heavy atom. The number of nitriles is 1. The van der Waals surface area contributed by atoms with Gasteiger partial charge in [0.1, 0.15) is 17.6 Å². The van der Waals surface area contributed by atoms with Crippen LogP contribution in [0.5, 0.6) is 5.75 Å². The number of rotatable bonds is 1. The van der Waals surface area contributed by atoms with Crippen molar-refractivity contribution in [3.63, 3.8) is 0 Å². The second-order valence-electron chi connectivity index (χ2n) is 7.51. The van der Waals surface area contributed by atoms with Crippen LogP contribution in [0.3, 0.4) is 0 Å². The fraction of sp³-hybridized carbons (Fsp3) is 0.440. The van der Waals surface area contributed by atoms with Crippen LogP contribution in [0.1, 0.15) is 63.7 Å². The normalized spacial score (nSPS) is 16.0. The van der Waals surface area contributed by atoms with Crippen molar-refractivity contribution in [3.8, 4) is 23.1 Å². The molecule has 1 amide bonds. The van der Waals surface area contributed by atoms with Gasteiger partial charge in [-0.05, 0) is 57.4 Å². The van der Waals surface area contributed by atoms with Crippen LogP contribution in [0.25, 0.3) is 11.3 Å². The predicted molar refractivity (Wildman–Crippen MR) is 124 cm³/mol. The van der Waals surface area contributed by atoms with Gasteiger partial charge in [-0.25, -0.2) is 0 Å². The standard InChI is InChI=1S/C19H20N2O3.C4H7NO.C2H6/c22-13-15-7-2-1-3-11-24-16-8-4-6-14(12-16)18-17(19(23)21-15)9-5-10-20-18;1-4(2,6)3-5;1-2/h4-6,8-10,12-13,15H,1-3,7,11H2,(H,21,23);6H,1-2H3;1-2H3/t15-;;/m0../s1. The number of pyridine rings is 1. The van der Waals surface area contributed by atoms with Crippen LogP contribution in [0, 0.1) is 11.3 Å². The summed E-state index contributed by atoms with van der Waals surface area (Å²) in [6.07, 6.45) is 5.83. The maximum Gasteiger partial charge on any atom is 0.254 e. The summed E-state index contributed by atoms with van der Waals surface area (Å²) in [5.74, 6) is 0.492. The average Bonchev–Trinajstić information content (AvgIpc) is 2.81. The zero-order valence-corrected chi connectivity index (χ0v) is 19.3. The number of aliphatic hydroxyl groups is 1. The minimum absolute atomic E-state index is 0.279. The molecule has 2 heterocycles. The number of nitrogens with one attached hydrogen (secondary N) is 1. The lowest BCUT2D eigenvalue weighted by Crippen LogP contribution is -2.36. The SMILES string of the molecule is CC.CC(C)(O)C#N.O=C[C@@H]1CCCCCOc2cccc(c2)-c2ncccc2C(=O)N1. The van der Waals surface area contributed by atoms with Crippen molar-refractivity contribution >= 4 is 12.2 Å². The van der Waals surface area contributed by atoms with Gasteiger partial charge in [-0.1, -0.05) is 32.4 Å². The summed E-state index contributed by atoms with van der Waals surface area (Å²) in [6, 6.07) is 12.2. The van der Waals surface area contributed by atoms with Gasteiger partial charge in [-0.3, -0.25) is 9.78 Å². The molecular formula is C25H33N3O4. The van der Waals surface area contributed by atoms with E-state index in [0.717, 1.165) is 36.9 Å². The van der Waals surface area contributed by atoms with Crippen molar-refractivity contribution in [1.29, 1.82) is 5.26 Å². The molecule has 1 aliphatic heterocycles. The van der Waals surface area contributed by atoms with E-state index in [1.165, 1.54) is 13.8 Å². The van der Waals surface area contributed by atoms with Crippen LogP contribution in [0.15, 0.2) is 42.6 Å². The Morgan fingerprint density at radius 2 is 1.94 bits per heavy atom. The molecule has 1 aliphatic rings. The highest BCUT2D eigenvalue weighted by molar-refractivity contribution is 6.00. The van der Waals surface area contributed by atoms with Gasteiger partial charge in [-0.2, -0.15) is 5.26 Å². The molecule has 2 N–H and O–H groups in total. The Kier molecular flexibility index (Phi) is 11.7. The first-order valence-corrected chi connectivity index (χ1v) is 10.9. The van der Waals surface area contributed by atoms with Gasteiger partial charge < -0.3 is 20.0 Å². The predicted octanol–water partition coefficient (Wildman–Crippen LogP) is 4.31. The smallest absolute Gasteiger partial charge is 0.254 e. The van der Waals surface area contributed by atoms with E-state index in [1.54, 1.807) is 24.4 Å². The van der Waals surface area contributed by atoms with Gasteiger partial charge in [0.05, 0.1) is 30.0 Å². The van der Waals surface area contributed by atoms with Crippen molar-refractivity contribution in [2.75, 3.05) is 6.61 Å². The lowest BCUT2D eigenvalue weighted by Gasteiger charge is -2.16. The van der Waals surface area contributed by atoms with Gasteiger partial charge in [-0.15, -0.1) is 0 Å². The van der Waals surface area contributed by atoms with Crippen LogP contribution in [-0.4, -0.2) is 40.5 Å². The van der Waals surface area contributed by atoms with Gasteiger partial charge in [0, 0.05) is 11.8 Å². The van der Waals surface area contributed by atoms with Crippen molar-refractivity contribution in [2.45, 2.75) is 65.0 Å². The van der Waals surface area contributed by atoms with Gasteiger partial charge in [0.25, 0.3) is 5.91 Å². The van der Waals surface area contributed by atoms with Gasteiger partial charge in [0.15, 0.2) is 0 Å². The molecule has 0 spiro atoms. The van der Waals surface area contributed by atoms with E-state index >= 15 is 0 Å². The van der Waals surface area contributed by atoms with E-state index in [1.807, 2.05) is 38.1 Å². The maximum absolute atomic E-state index is 12.6. The fourth-order valence-corrected chi connectivity index (χ4v) is 2.81. The molecule has 172 valence electrons. The van der Waals surface area contributed by atoms with E-state index in [9.17, 15) is 9.59 Å². The van der Waals surface area contributed by atoms with Crippen LogP contribution < -0.4 is 10.1 Å². The summed E-state index contributed by atoms with van der Waals surface area (Å²) in [6.45, 7) is 7.51. The highest BCUT2D eigenvalue weighted by atomic mass is 16.5. The number of ether oxygens (including phenoxy) is 1. The van der Waals surface area contributed by atoms with Crippen molar-refractivity contribution in [3.05, 3.63) is 48.2 Å². The van der Waals surface area contributed by atoms with E-state index in [-0.39, 0.29) is 5.91 Å². The first-order valence-electron chi connectivity index (χ1n) is 10.9. The first-order chi connectivity index (χ1) is 15.3. The Balaban J connectivity index is 0.000000556. The number of hydrogen-bond donors (Lipinski definition) is 2. The van der Waals surface area contributed by atoms with E-state index < -0.39 is 11.6 Å². The van der Waals surface area contributed by atoms with E-state index in [4.69, 9.17) is 15.1 Å². The number of aromatic nitrogens is 1. The highest BCUT2D eigenvalue weighted by Crippen LogP contribution is 2.25. The maximum atomic E-state index is 12.6. The third-order valence-corrected chi connectivity index (χ3v) is 4.34. The molecule has 2 aromatic rings. The number of aldehydes is 1. The molecule has 0 aliphatic carbocycles. The van der Waals surface area contributed by atoms with Crippen molar-refractivity contribution < 1.29 is 19.4 Å². The zero-order valence-electron chi connectivity index (χ0n) is 19.3. The van der Waals surface area contributed by atoms with Crippen LogP contribution in [0.2, 0.25) is 0 Å². The molecule has 0 fully saturated rings. The molecule has 0 saturated carbocycles. The third-order valence-electron chi connectivity index (χ3n) is 4.34. The largest absolute Gasteiger partial charge is 0.494 e. The van der Waals surface area contributed by atoms with Crippen LogP contribution >= 0.6 is 0 Å². The number of carbonyl (C=O) groups excluding carboxylic acids is 2. The molecule has 0 radical (unpaired) electrons. The fourth-order valence-electron chi connectivity index (χ4n) is 2.81. The molecule has 0 unspecified atom stereocenters. The van der Waals surface area contributed by atoms with Crippen molar-refractivity contribution in [1.82, 2.24) is 10.3 Å².